The second-order valence-electron chi connectivity index (χ2n) is 4.85. The van der Waals surface area contributed by atoms with Crippen molar-refractivity contribution in [3.05, 3.63) is 58.3 Å². The van der Waals surface area contributed by atoms with Crippen LogP contribution in [0.1, 0.15) is 0 Å². The highest BCUT2D eigenvalue weighted by Crippen LogP contribution is 2.25. The molecule has 0 spiro atoms. The molecule has 1 heterocycles. The maximum Gasteiger partial charge on any atom is 0.277 e. The van der Waals surface area contributed by atoms with Crippen molar-refractivity contribution in [2.24, 2.45) is 0 Å². The van der Waals surface area contributed by atoms with Gasteiger partial charge in [-0.25, -0.2) is 4.39 Å². The maximum atomic E-state index is 13.1. The van der Waals surface area contributed by atoms with Gasteiger partial charge in [-0.1, -0.05) is 41.0 Å². The summed E-state index contributed by atoms with van der Waals surface area (Å²) in [5, 5.41) is 11.2. The quantitative estimate of drug-likeness (QED) is 0.619. The molecule has 0 saturated heterocycles. The summed E-state index contributed by atoms with van der Waals surface area (Å²) in [4.78, 5) is 11.9. The fraction of sp³-hybridized carbons (Fsp3) is 0.0625. The van der Waals surface area contributed by atoms with E-state index in [4.69, 9.17) is 27.6 Å². The van der Waals surface area contributed by atoms with Crippen LogP contribution in [0.5, 0.6) is 0 Å². The van der Waals surface area contributed by atoms with Crippen LogP contribution in [-0.4, -0.2) is 21.9 Å². The van der Waals surface area contributed by atoms with Crippen molar-refractivity contribution >= 4 is 46.6 Å². The predicted molar refractivity (Wildman–Crippen MR) is 95.5 cm³/mol. The highest BCUT2D eigenvalue weighted by molar-refractivity contribution is 7.99. The monoisotopic (exact) mass is 397 g/mol. The zero-order valence-corrected chi connectivity index (χ0v) is 14.8. The summed E-state index contributed by atoms with van der Waals surface area (Å²) in [6.45, 7) is 0. The van der Waals surface area contributed by atoms with Crippen molar-refractivity contribution in [3.8, 4) is 11.5 Å². The fourth-order valence-electron chi connectivity index (χ4n) is 1.90. The number of aromatic nitrogens is 2. The largest absolute Gasteiger partial charge is 0.411 e. The second kappa shape index (κ2) is 7.86. The lowest BCUT2D eigenvalue weighted by atomic mass is 10.2. The molecule has 128 valence electrons. The van der Waals surface area contributed by atoms with Gasteiger partial charge < -0.3 is 9.73 Å². The molecule has 5 nitrogen and oxygen atoms in total. The van der Waals surface area contributed by atoms with E-state index < -0.39 is 5.82 Å². The van der Waals surface area contributed by atoms with Gasteiger partial charge in [-0.15, -0.1) is 10.2 Å². The Morgan fingerprint density at radius 2 is 2.04 bits per heavy atom. The number of benzene rings is 2. The Bertz CT molecular complexity index is 920. The first-order valence-electron chi connectivity index (χ1n) is 6.98. The molecule has 0 unspecified atom stereocenters. The lowest BCUT2D eigenvalue weighted by molar-refractivity contribution is -0.113. The lowest BCUT2D eigenvalue weighted by Gasteiger charge is -2.04. The minimum atomic E-state index is -0.548. The normalized spacial score (nSPS) is 10.7. The van der Waals surface area contributed by atoms with E-state index >= 15 is 0 Å². The van der Waals surface area contributed by atoms with Crippen molar-refractivity contribution in [1.29, 1.82) is 0 Å². The van der Waals surface area contributed by atoms with Crippen molar-refractivity contribution in [3.63, 3.8) is 0 Å². The highest BCUT2D eigenvalue weighted by Gasteiger charge is 2.12. The summed E-state index contributed by atoms with van der Waals surface area (Å²) < 4.78 is 18.6. The van der Waals surface area contributed by atoms with Crippen LogP contribution in [0, 0.1) is 5.82 Å². The number of halogens is 3. The van der Waals surface area contributed by atoms with Crippen LogP contribution in [0.4, 0.5) is 10.1 Å². The average molecular weight is 398 g/mol. The van der Waals surface area contributed by atoms with Crippen LogP contribution >= 0.6 is 35.0 Å². The molecular weight excluding hydrogens is 388 g/mol. The molecule has 0 radical (unpaired) electrons. The van der Waals surface area contributed by atoms with Crippen molar-refractivity contribution in [2.75, 3.05) is 11.1 Å². The molecule has 2 aromatic carbocycles. The van der Waals surface area contributed by atoms with Crippen LogP contribution in [0.25, 0.3) is 11.5 Å². The Hall–Kier alpha value is -2.09. The first-order valence-corrected chi connectivity index (χ1v) is 8.72. The predicted octanol–water partition coefficient (Wildman–Crippen LogP) is 4.91. The number of amides is 1. The summed E-state index contributed by atoms with van der Waals surface area (Å²) in [5.74, 6) is -0.494. The third-order valence-electron chi connectivity index (χ3n) is 3.01. The SMILES string of the molecule is O=C(CSc1nnc(-c2cccc(Cl)c2)o1)Nc1ccc(F)c(Cl)c1. The third kappa shape index (κ3) is 4.72. The molecule has 3 rings (SSSR count). The van der Waals surface area contributed by atoms with E-state index in [1.54, 1.807) is 24.3 Å². The molecule has 0 aliphatic heterocycles. The second-order valence-corrected chi connectivity index (χ2v) is 6.62. The Balaban J connectivity index is 1.58. The summed E-state index contributed by atoms with van der Waals surface area (Å²) in [6, 6.07) is 10.9. The van der Waals surface area contributed by atoms with Gasteiger partial charge in [0.1, 0.15) is 5.82 Å². The van der Waals surface area contributed by atoms with Gasteiger partial charge in [-0.3, -0.25) is 4.79 Å². The third-order valence-corrected chi connectivity index (χ3v) is 4.35. The van der Waals surface area contributed by atoms with E-state index in [1.165, 1.54) is 18.2 Å². The zero-order valence-electron chi connectivity index (χ0n) is 12.5. The molecule has 1 N–H and O–H groups in total. The standard InChI is InChI=1S/C16H10Cl2FN3O2S/c17-10-3-1-2-9(6-10)15-21-22-16(24-15)25-8-14(23)20-11-4-5-13(19)12(18)7-11/h1-7H,8H2,(H,20,23). The van der Waals surface area contributed by atoms with Gasteiger partial charge in [-0.05, 0) is 36.4 Å². The zero-order chi connectivity index (χ0) is 17.8. The van der Waals surface area contributed by atoms with Gasteiger partial charge in [0.15, 0.2) is 0 Å². The Morgan fingerprint density at radius 3 is 2.80 bits per heavy atom. The first-order chi connectivity index (χ1) is 12.0. The highest BCUT2D eigenvalue weighted by atomic mass is 35.5. The molecule has 25 heavy (non-hydrogen) atoms. The van der Waals surface area contributed by atoms with E-state index in [0.29, 0.717) is 22.2 Å². The molecule has 1 aromatic heterocycles. The molecule has 9 heteroatoms. The summed E-state index contributed by atoms with van der Waals surface area (Å²) in [7, 11) is 0. The van der Waals surface area contributed by atoms with E-state index in [-0.39, 0.29) is 21.9 Å². The topological polar surface area (TPSA) is 68.0 Å². The molecular formula is C16H10Cl2FN3O2S. The Labute approximate surface area is 156 Å². The number of hydrogen-bond donors (Lipinski definition) is 1. The molecule has 0 saturated carbocycles. The van der Waals surface area contributed by atoms with Gasteiger partial charge in [0.25, 0.3) is 5.22 Å². The average Bonchev–Trinajstić information content (AvgIpc) is 3.05. The summed E-state index contributed by atoms with van der Waals surface area (Å²) >= 11 is 12.7. The minimum Gasteiger partial charge on any atom is -0.411 e. The van der Waals surface area contributed by atoms with Gasteiger partial charge in [0, 0.05) is 16.3 Å². The van der Waals surface area contributed by atoms with Crippen LogP contribution in [0.15, 0.2) is 52.1 Å². The molecule has 1 amide bonds. The Morgan fingerprint density at radius 1 is 1.20 bits per heavy atom. The fourth-order valence-corrected chi connectivity index (χ4v) is 2.84. The molecule has 0 bridgehead atoms. The van der Waals surface area contributed by atoms with Crippen LogP contribution in [-0.2, 0) is 4.79 Å². The van der Waals surface area contributed by atoms with Crippen molar-refractivity contribution < 1.29 is 13.6 Å². The summed E-state index contributed by atoms with van der Waals surface area (Å²) in [6.07, 6.45) is 0. The molecule has 3 aromatic rings. The van der Waals surface area contributed by atoms with Gasteiger partial charge >= 0.3 is 0 Å². The number of carbonyl (C=O) groups excluding carboxylic acids is 1. The van der Waals surface area contributed by atoms with Gasteiger partial charge in [-0.2, -0.15) is 0 Å². The smallest absolute Gasteiger partial charge is 0.277 e. The number of rotatable bonds is 5. The number of nitrogens with one attached hydrogen (secondary N) is 1. The minimum absolute atomic E-state index is 0.0478. The number of anilines is 1. The van der Waals surface area contributed by atoms with Crippen LogP contribution < -0.4 is 5.32 Å². The molecule has 0 fully saturated rings. The first kappa shape index (κ1) is 17.7. The lowest BCUT2D eigenvalue weighted by Crippen LogP contribution is -2.14. The van der Waals surface area contributed by atoms with Gasteiger partial charge in [0.05, 0.1) is 10.8 Å². The van der Waals surface area contributed by atoms with Crippen LogP contribution in [0.3, 0.4) is 0 Å². The van der Waals surface area contributed by atoms with Crippen molar-refractivity contribution in [2.45, 2.75) is 5.22 Å². The number of thioether (sulfide) groups is 1. The number of carbonyl (C=O) groups is 1. The van der Waals surface area contributed by atoms with E-state index in [2.05, 4.69) is 15.5 Å². The number of nitrogens with zero attached hydrogens (tertiary/aromatic N) is 2. The van der Waals surface area contributed by atoms with Crippen molar-refractivity contribution in [1.82, 2.24) is 10.2 Å². The van der Waals surface area contributed by atoms with E-state index in [1.807, 2.05) is 0 Å². The molecule has 0 atom stereocenters. The van der Waals surface area contributed by atoms with Gasteiger partial charge in [0.2, 0.25) is 11.8 Å². The maximum absolute atomic E-state index is 13.1. The van der Waals surface area contributed by atoms with E-state index in [9.17, 15) is 9.18 Å². The molecule has 0 aliphatic rings. The molecule has 0 aliphatic carbocycles. The Kier molecular flexibility index (Phi) is 5.57. The number of hydrogen-bond acceptors (Lipinski definition) is 5. The summed E-state index contributed by atoms with van der Waals surface area (Å²) in [5.41, 5.74) is 1.10. The van der Waals surface area contributed by atoms with E-state index in [0.717, 1.165) is 11.8 Å². The van der Waals surface area contributed by atoms with Crippen LogP contribution in [0.2, 0.25) is 10.0 Å².